The molecule has 1 unspecified atom stereocenters. The number of morpholine rings is 1. The molecule has 0 saturated carbocycles. The number of aryl methyl sites for hydroxylation is 1. The van der Waals surface area contributed by atoms with Crippen molar-refractivity contribution in [3.05, 3.63) is 52.7 Å². The molecule has 4 rings (SSSR count). The number of hydrogen-bond acceptors (Lipinski definition) is 6. The SMILES string of the molecule is Cc1cnc2c(CC3CN(C(=O)OC(C)(C)C)CCO3)c(-c3c(F)cc(C(=O)O)cc3F)oc2c1. The molecule has 8 nitrogen and oxygen atoms in total. The second-order valence-electron chi connectivity index (χ2n) is 9.51. The van der Waals surface area contributed by atoms with Crippen LogP contribution in [0.25, 0.3) is 22.4 Å². The molecule has 186 valence electrons. The standard InChI is InChI=1S/C25H26F2N2O6/c1-13-7-19-21(28-11-13)16(10-15-12-29(5-6-33-15)24(32)35-25(2,3)4)22(34-19)20-17(26)8-14(23(30)31)9-18(20)27/h7-9,11,15H,5-6,10,12H2,1-4H3,(H,30,31). The number of carboxylic acid groups (broad SMARTS) is 1. The van der Waals surface area contributed by atoms with E-state index in [1.807, 2.05) is 0 Å². The topological polar surface area (TPSA) is 102 Å². The van der Waals surface area contributed by atoms with Gasteiger partial charge in [0.15, 0.2) is 5.58 Å². The van der Waals surface area contributed by atoms with Crippen molar-refractivity contribution >= 4 is 23.2 Å². The zero-order chi connectivity index (χ0) is 25.5. The van der Waals surface area contributed by atoms with Crippen molar-refractivity contribution in [3.63, 3.8) is 0 Å². The van der Waals surface area contributed by atoms with Crippen LogP contribution in [0.15, 0.2) is 28.8 Å². The Morgan fingerprint density at radius 1 is 1.23 bits per heavy atom. The van der Waals surface area contributed by atoms with Crippen LogP contribution in [0.1, 0.15) is 42.3 Å². The van der Waals surface area contributed by atoms with Gasteiger partial charge in [-0.15, -0.1) is 0 Å². The molecule has 1 amide bonds. The highest BCUT2D eigenvalue weighted by Crippen LogP contribution is 2.37. The van der Waals surface area contributed by atoms with Gasteiger partial charge in [-0.25, -0.2) is 18.4 Å². The number of furan rings is 1. The number of carbonyl (C=O) groups is 2. The monoisotopic (exact) mass is 488 g/mol. The molecular weight excluding hydrogens is 462 g/mol. The van der Waals surface area contributed by atoms with Gasteiger partial charge in [-0.1, -0.05) is 0 Å². The van der Waals surface area contributed by atoms with Crippen LogP contribution in [0.3, 0.4) is 0 Å². The maximum Gasteiger partial charge on any atom is 0.410 e. The molecule has 0 bridgehead atoms. The summed E-state index contributed by atoms with van der Waals surface area (Å²) < 4.78 is 47.1. The fraction of sp³-hybridized carbons (Fsp3) is 0.400. The highest BCUT2D eigenvalue weighted by atomic mass is 19.1. The van der Waals surface area contributed by atoms with Crippen molar-refractivity contribution in [2.75, 3.05) is 19.7 Å². The number of aromatic nitrogens is 1. The lowest BCUT2D eigenvalue weighted by Gasteiger charge is -2.34. The molecule has 10 heteroatoms. The summed E-state index contributed by atoms with van der Waals surface area (Å²) in [5.41, 5.74) is 0.270. The van der Waals surface area contributed by atoms with E-state index in [9.17, 15) is 18.4 Å². The average molecular weight is 488 g/mol. The number of carboxylic acids is 1. The molecule has 1 aliphatic rings. The van der Waals surface area contributed by atoms with Gasteiger partial charge in [0, 0.05) is 24.7 Å². The van der Waals surface area contributed by atoms with E-state index in [1.54, 1.807) is 40.0 Å². The number of nitrogens with zero attached hydrogens (tertiary/aromatic N) is 2. The van der Waals surface area contributed by atoms with E-state index in [-0.39, 0.29) is 25.3 Å². The molecule has 1 saturated heterocycles. The Hall–Kier alpha value is -3.53. The van der Waals surface area contributed by atoms with Gasteiger partial charge in [0.2, 0.25) is 0 Å². The van der Waals surface area contributed by atoms with Crippen molar-refractivity contribution in [1.82, 2.24) is 9.88 Å². The van der Waals surface area contributed by atoms with Gasteiger partial charge in [-0.3, -0.25) is 4.98 Å². The molecule has 1 fully saturated rings. The number of hydrogen-bond donors (Lipinski definition) is 1. The van der Waals surface area contributed by atoms with Crippen LogP contribution in [0.2, 0.25) is 0 Å². The normalized spacial score (nSPS) is 16.5. The number of fused-ring (bicyclic) bond motifs is 1. The summed E-state index contributed by atoms with van der Waals surface area (Å²) in [6, 6.07) is 3.20. The lowest BCUT2D eigenvalue weighted by Crippen LogP contribution is -2.48. The van der Waals surface area contributed by atoms with E-state index >= 15 is 0 Å². The smallest absolute Gasteiger partial charge is 0.410 e. The second-order valence-corrected chi connectivity index (χ2v) is 9.51. The van der Waals surface area contributed by atoms with Crippen LogP contribution in [0, 0.1) is 18.6 Å². The number of pyridine rings is 1. The van der Waals surface area contributed by atoms with Crippen LogP contribution < -0.4 is 0 Å². The first-order valence-electron chi connectivity index (χ1n) is 11.1. The number of aromatic carboxylic acids is 1. The molecule has 3 heterocycles. The summed E-state index contributed by atoms with van der Waals surface area (Å²) in [6.45, 7) is 7.95. The minimum absolute atomic E-state index is 0.0944. The van der Waals surface area contributed by atoms with E-state index in [1.165, 1.54) is 4.90 Å². The second kappa shape index (κ2) is 9.26. The van der Waals surface area contributed by atoms with Crippen LogP contribution in [0.5, 0.6) is 0 Å². The van der Waals surface area contributed by atoms with Crippen molar-refractivity contribution in [3.8, 4) is 11.3 Å². The summed E-state index contributed by atoms with van der Waals surface area (Å²) in [5, 5.41) is 9.13. The number of benzene rings is 1. The minimum atomic E-state index is -1.45. The Bertz CT molecular complexity index is 1270. The summed E-state index contributed by atoms with van der Waals surface area (Å²) in [7, 11) is 0. The Labute approximate surface area is 200 Å². The van der Waals surface area contributed by atoms with Crippen molar-refractivity contribution in [2.24, 2.45) is 0 Å². The Balaban J connectivity index is 1.72. The van der Waals surface area contributed by atoms with Crippen LogP contribution in [0.4, 0.5) is 13.6 Å². The number of rotatable bonds is 4. The number of carbonyl (C=O) groups excluding carboxylic acids is 1. The Kier molecular flexibility index (Phi) is 6.50. The third kappa shape index (κ3) is 5.27. The summed E-state index contributed by atoms with van der Waals surface area (Å²) in [6.07, 6.45) is 0.777. The fourth-order valence-electron chi connectivity index (χ4n) is 3.99. The molecular formula is C25H26F2N2O6. The van der Waals surface area contributed by atoms with Crippen LogP contribution >= 0.6 is 0 Å². The highest BCUT2D eigenvalue weighted by Gasteiger charge is 2.31. The summed E-state index contributed by atoms with van der Waals surface area (Å²) >= 11 is 0. The highest BCUT2D eigenvalue weighted by molar-refractivity contribution is 5.90. The summed E-state index contributed by atoms with van der Waals surface area (Å²) in [4.78, 5) is 29.7. The molecule has 3 aromatic rings. The van der Waals surface area contributed by atoms with E-state index < -0.39 is 46.5 Å². The maximum absolute atomic E-state index is 15.0. The van der Waals surface area contributed by atoms with E-state index in [4.69, 9.17) is 19.0 Å². The fourth-order valence-corrected chi connectivity index (χ4v) is 3.99. The largest absolute Gasteiger partial charge is 0.478 e. The average Bonchev–Trinajstić information content (AvgIpc) is 3.09. The number of ether oxygens (including phenoxy) is 2. The molecule has 0 aliphatic carbocycles. The van der Waals surface area contributed by atoms with Gasteiger partial charge >= 0.3 is 12.1 Å². The molecule has 0 spiro atoms. The van der Waals surface area contributed by atoms with E-state index in [2.05, 4.69) is 4.98 Å². The first-order chi connectivity index (χ1) is 16.4. The third-order valence-electron chi connectivity index (χ3n) is 5.50. The Morgan fingerprint density at radius 2 is 1.91 bits per heavy atom. The molecule has 35 heavy (non-hydrogen) atoms. The zero-order valence-electron chi connectivity index (χ0n) is 19.9. The lowest BCUT2D eigenvalue weighted by atomic mass is 9.99. The Morgan fingerprint density at radius 3 is 2.54 bits per heavy atom. The van der Waals surface area contributed by atoms with Gasteiger partial charge in [0.1, 0.15) is 28.5 Å². The lowest BCUT2D eigenvalue weighted by molar-refractivity contribution is -0.0414. The van der Waals surface area contributed by atoms with E-state index in [0.717, 1.165) is 17.7 Å². The van der Waals surface area contributed by atoms with Crippen molar-refractivity contribution in [2.45, 2.75) is 45.8 Å². The molecule has 1 aromatic carbocycles. The van der Waals surface area contributed by atoms with Gasteiger partial charge < -0.3 is 23.9 Å². The number of halogens is 2. The quantitative estimate of drug-likeness (QED) is 0.554. The molecule has 1 aliphatic heterocycles. The van der Waals surface area contributed by atoms with Crippen molar-refractivity contribution in [1.29, 1.82) is 0 Å². The minimum Gasteiger partial charge on any atom is -0.478 e. The predicted octanol–water partition coefficient (Wildman–Crippen LogP) is 4.96. The summed E-state index contributed by atoms with van der Waals surface area (Å²) in [5.74, 6) is -3.68. The third-order valence-corrected chi connectivity index (χ3v) is 5.50. The van der Waals surface area contributed by atoms with Crippen LogP contribution in [-0.2, 0) is 15.9 Å². The molecule has 1 N–H and O–H groups in total. The zero-order valence-corrected chi connectivity index (χ0v) is 19.9. The first-order valence-corrected chi connectivity index (χ1v) is 11.1. The molecule has 2 aromatic heterocycles. The van der Waals surface area contributed by atoms with E-state index in [0.29, 0.717) is 23.2 Å². The van der Waals surface area contributed by atoms with Gasteiger partial charge in [-0.05, 0) is 51.5 Å². The number of amides is 1. The van der Waals surface area contributed by atoms with Gasteiger partial charge in [0.05, 0.1) is 30.4 Å². The molecule has 0 radical (unpaired) electrons. The van der Waals surface area contributed by atoms with Gasteiger partial charge in [0.25, 0.3) is 0 Å². The van der Waals surface area contributed by atoms with Crippen molar-refractivity contribution < 1.29 is 37.4 Å². The van der Waals surface area contributed by atoms with Crippen LogP contribution in [-0.4, -0.2) is 58.5 Å². The van der Waals surface area contributed by atoms with Gasteiger partial charge in [-0.2, -0.15) is 0 Å². The first kappa shape index (κ1) is 24.6. The maximum atomic E-state index is 15.0. The predicted molar refractivity (Wildman–Crippen MR) is 122 cm³/mol. The molecule has 1 atom stereocenters.